The zero-order valence-electron chi connectivity index (χ0n) is 10.4. The van der Waals surface area contributed by atoms with Gasteiger partial charge in [0.2, 0.25) is 0 Å². The number of benzene rings is 1. The number of hydrogen-bond acceptors (Lipinski definition) is 2. The molecule has 0 aliphatic carbocycles. The Kier molecular flexibility index (Phi) is 5.02. The molecule has 96 valence electrons. The molecular weight excluding hydrogens is 224 g/mol. The zero-order chi connectivity index (χ0) is 13.0. The summed E-state index contributed by atoms with van der Waals surface area (Å²) < 4.78 is 26.0. The standard InChI is InChI=1S/C13H19F2NO/c1-8(2)13(17)7-16-9(3)10-4-11(14)6-12(15)5-10/h4-6,8-9,13,16-17H,7H2,1-3H3. The van der Waals surface area contributed by atoms with Crippen LogP contribution in [0.1, 0.15) is 32.4 Å². The van der Waals surface area contributed by atoms with Gasteiger partial charge in [-0.3, -0.25) is 0 Å². The molecule has 0 aliphatic heterocycles. The van der Waals surface area contributed by atoms with Gasteiger partial charge in [0.05, 0.1) is 6.10 Å². The zero-order valence-corrected chi connectivity index (χ0v) is 10.4. The fourth-order valence-corrected chi connectivity index (χ4v) is 1.48. The molecular formula is C13H19F2NO. The average molecular weight is 243 g/mol. The topological polar surface area (TPSA) is 32.3 Å². The predicted octanol–water partition coefficient (Wildman–Crippen LogP) is 2.63. The molecule has 1 aromatic carbocycles. The maximum Gasteiger partial charge on any atom is 0.126 e. The van der Waals surface area contributed by atoms with Crippen LogP contribution in [0.3, 0.4) is 0 Å². The second-order valence-corrected chi connectivity index (χ2v) is 4.64. The SMILES string of the molecule is CC(NCC(O)C(C)C)c1cc(F)cc(F)c1. The lowest BCUT2D eigenvalue weighted by Gasteiger charge is -2.19. The van der Waals surface area contributed by atoms with Gasteiger partial charge in [0.25, 0.3) is 0 Å². The van der Waals surface area contributed by atoms with Crippen LogP contribution in [-0.4, -0.2) is 17.8 Å². The number of aliphatic hydroxyl groups excluding tert-OH is 1. The van der Waals surface area contributed by atoms with Gasteiger partial charge in [-0.15, -0.1) is 0 Å². The van der Waals surface area contributed by atoms with Crippen LogP contribution in [-0.2, 0) is 0 Å². The highest BCUT2D eigenvalue weighted by atomic mass is 19.1. The number of rotatable bonds is 5. The van der Waals surface area contributed by atoms with Crippen LogP contribution in [0.15, 0.2) is 18.2 Å². The normalized spacial score (nSPS) is 15.0. The summed E-state index contributed by atoms with van der Waals surface area (Å²) in [7, 11) is 0. The molecule has 0 saturated heterocycles. The van der Waals surface area contributed by atoms with Crippen molar-refractivity contribution in [3.8, 4) is 0 Å². The van der Waals surface area contributed by atoms with Gasteiger partial charge in [0.1, 0.15) is 11.6 Å². The lowest BCUT2D eigenvalue weighted by Crippen LogP contribution is -2.32. The number of aliphatic hydroxyl groups is 1. The van der Waals surface area contributed by atoms with Crippen molar-refractivity contribution in [3.05, 3.63) is 35.4 Å². The summed E-state index contributed by atoms with van der Waals surface area (Å²) >= 11 is 0. The maximum absolute atomic E-state index is 13.0. The van der Waals surface area contributed by atoms with Gasteiger partial charge in [-0.2, -0.15) is 0 Å². The Morgan fingerprint density at radius 1 is 1.12 bits per heavy atom. The fraction of sp³-hybridized carbons (Fsp3) is 0.538. The number of nitrogens with one attached hydrogen (secondary N) is 1. The van der Waals surface area contributed by atoms with Crippen molar-refractivity contribution in [2.24, 2.45) is 5.92 Å². The third kappa shape index (κ3) is 4.40. The molecule has 0 fully saturated rings. The van der Waals surface area contributed by atoms with Gasteiger partial charge in [-0.05, 0) is 30.5 Å². The Hall–Kier alpha value is -1.00. The van der Waals surface area contributed by atoms with Gasteiger partial charge < -0.3 is 10.4 Å². The van der Waals surface area contributed by atoms with Crippen LogP contribution in [0.2, 0.25) is 0 Å². The van der Waals surface area contributed by atoms with E-state index < -0.39 is 17.7 Å². The lowest BCUT2D eigenvalue weighted by atomic mass is 10.1. The van der Waals surface area contributed by atoms with Crippen molar-refractivity contribution in [2.75, 3.05) is 6.54 Å². The number of halogens is 2. The van der Waals surface area contributed by atoms with Crippen molar-refractivity contribution in [1.82, 2.24) is 5.32 Å². The third-order valence-electron chi connectivity index (χ3n) is 2.79. The van der Waals surface area contributed by atoms with Crippen LogP contribution in [0.25, 0.3) is 0 Å². The molecule has 1 aromatic rings. The Morgan fingerprint density at radius 2 is 1.65 bits per heavy atom. The summed E-state index contributed by atoms with van der Waals surface area (Å²) in [4.78, 5) is 0. The van der Waals surface area contributed by atoms with E-state index >= 15 is 0 Å². The lowest BCUT2D eigenvalue weighted by molar-refractivity contribution is 0.120. The minimum Gasteiger partial charge on any atom is -0.392 e. The molecule has 0 spiro atoms. The summed E-state index contributed by atoms with van der Waals surface area (Å²) in [5.41, 5.74) is 0.540. The Labute approximate surface area is 101 Å². The van der Waals surface area contributed by atoms with E-state index in [1.54, 1.807) is 6.92 Å². The highest BCUT2D eigenvalue weighted by Gasteiger charge is 2.12. The summed E-state index contributed by atoms with van der Waals surface area (Å²) in [6.45, 7) is 6.04. The molecule has 0 radical (unpaired) electrons. The first kappa shape index (κ1) is 14.1. The van der Waals surface area contributed by atoms with Gasteiger partial charge >= 0.3 is 0 Å². The smallest absolute Gasteiger partial charge is 0.126 e. The van der Waals surface area contributed by atoms with Crippen molar-refractivity contribution in [2.45, 2.75) is 32.9 Å². The fourth-order valence-electron chi connectivity index (χ4n) is 1.48. The number of hydrogen-bond donors (Lipinski definition) is 2. The van der Waals surface area contributed by atoms with E-state index in [-0.39, 0.29) is 12.0 Å². The van der Waals surface area contributed by atoms with E-state index in [9.17, 15) is 13.9 Å². The van der Waals surface area contributed by atoms with Crippen molar-refractivity contribution < 1.29 is 13.9 Å². The summed E-state index contributed by atoms with van der Waals surface area (Å²) in [6.07, 6.45) is -0.462. The van der Waals surface area contributed by atoms with Crippen molar-refractivity contribution in [1.29, 1.82) is 0 Å². The average Bonchev–Trinajstić information content (AvgIpc) is 2.23. The molecule has 2 unspecified atom stereocenters. The maximum atomic E-state index is 13.0. The molecule has 1 rings (SSSR count). The van der Waals surface area contributed by atoms with Crippen LogP contribution in [0, 0.1) is 17.6 Å². The second-order valence-electron chi connectivity index (χ2n) is 4.64. The molecule has 0 saturated carbocycles. The summed E-state index contributed by atoms with van der Waals surface area (Å²) in [6, 6.07) is 3.23. The molecule has 0 bridgehead atoms. The molecule has 2 nitrogen and oxygen atoms in total. The molecule has 17 heavy (non-hydrogen) atoms. The highest BCUT2D eigenvalue weighted by Crippen LogP contribution is 2.16. The second kappa shape index (κ2) is 6.07. The predicted molar refractivity (Wildman–Crippen MR) is 63.6 cm³/mol. The van der Waals surface area contributed by atoms with Crippen LogP contribution in [0.5, 0.6) is 0 Å². The van der Waals surface area contributed by atoms with E-state index in [2.05, 4.69) is 5.32 Å². The van der Waals surface area contributed by atoms with E-state index in [1.807, 2.05) is 13.8 Å². The first-order chi connectivity index (χ1) is 7.90. The van der Waals surface area contributed by atoms with E-state index in [4.69, 9.17) is 0 Å². The summed E-state index contributed by atoms with van der Waals surface area (Å²) in [5, 5.41) is 12.7. The molecule has 2 atom stereocenters. The van der Waals surface area contributed by atoms with Crippen LogP contribution in [0.4, 0.5) is 8.78 Å². The molecule has 0 amide bonds. The van der Waals surface area contributed by atoms with Gasteiger partial charge in [-0.25, -0.2) is 8.78 Å². The summed E-state index contributed by atoms with van der Waals surface area (Å²) in [5.74, 6) is -1.02. The molecule has 0 aromatic heterocycles. The third-order valence-corrected chi connectivity index (χ3v) is 2.79. The molecule has 2 N–H and O–H groups in total. The van der Waals surface area contributed by atoms with E-state index in [1.165, 1.54) is 12.1 Å². The minimum absolute atomic E-state index is 0.152. The van der Waals surface area contributed by atoms with Gasteiger partial charge in [0.15, 0.2) is 0 Å². The first-order valence-corrected chi connectivity index (χ1v) is 5.77. The minimum atomic E-state index is -0.585. The molecule has 4 heteroatoms. The van der Waals surface area contributed by atoms with Crippen molar-refractivity contribution in [3.63, 3.8) is 0 Å². The van der Waals surface area contributed by atoms with Crippen LogP contribution < -0.4 is 5.32 Å². The largest absolute Gasteiger partial charge is 0.392 e. The van der Waals surface area contributed by atoms with Crippen LogP contribution >= 0.6 is 0 Å². The Balaban J connectivity index is 2.60. The Bertz CT molecular complexity index is 348. The quantitative estimate of drug-likeness (QED) is 0.833. The van der Waals surface area contributed by atoms with Gasteiger partial charge in [-0.1, -0.05) is 13.8 Å². The molecule has 0 heterocycles. The Morgan fingerprint density at radius 3 is 2.12 bits per heavy atom. The van der Waals surface area contributed by atoms with Crippen molar-refractivity contribution >= 4 is 0 Å². The molecule has 0 aliphatic rings. The monoisotopic (exact) mass is 243 g/mol. The van der Waals surface area contributed by atoms with E-state index in [0.717, 1.165) is 6.07 Å². The highest BCUT2D eigenvalue weighted by molar-refractivity contribution is 5.20. The first-order valence-electron chi connectivity index (χ1n) is 5.77. The van der Waals surface area contributed by atoms with E-state index in [0.29, 0.717) is 12.1 Å². The van der Waals surface area contributed by atoms with Gasteiger partial charge in [0, 0.05) is 18.7 Å².